The average Bonchev–Trinajstić information content (AvgIpc) is 3.64. The molecule has 0 N–H and O–H groups in total. The van der Waals surface area contributed by atoms with E-state index in [-0.39, 0.29) is 41.5 Å². The lowest BCUT2D eigenvalue weighted by atomic mass is 9.85. The van der Waals surface area contributed by atoms with Crippen molar-refractivity contribution in [2.75, 3.05) is 32.2 Å². The van der Waals surface area contributed by atoms with Gasteiger partial charge in [0.1, 0.15) is 17.5 Å². The van der Waals surface area contributed by atoms with Gasteiger partial charge in [-0.05, 0) is 49.3 Å². The molecular formula is C31H31F2N5O4. The third kappa shape index (κ3) is 4.46. The number of ether oxygens (including phenoxy) is 3. The predicted octanol–water partition coefficient (Wildman–Crippen LogP) is 5.25. The highest BCUT2D eigenvalue weighted by Gasteiger charge is 2.47. The number of pyridine rings is 1. The maximum atomic E-state index is 13.2. The Balaban J connectivity index is 1.19. The van der Waals surface area contributed by atoms with Gasteiger partial charge >= 0.3 is 12.6 Å². The summed E-state index contributed by atoms with van der Waals surface area (Å²) in [6.07, 6.45) is 7.94. The molecule has 2 aliphatic carbocycles. The predicted molar refractivity (Wildman–Crippen MR) is 149 cm³/mol. The number of methoxy groups -OCH3 is 2. The monoisotopic (exact) mass is 575 g/mol. The van der Waals surface area contributed by atoms with Gasteiger partial charge in [0.05, 0.1) is 24.4 Å². The number of hydrogen-bond donors (Lipinski definition) is 0. The minimum Gasteiger partial charge on any atom is -0.469 e. The van der Waals surface area contributed by atoms with Gasteiger partial charge in [-0.15, -0.1) is 0 Å². The lowest BCUT2D eigenvalue weighted by Gasteiger charge is -2.36. The molecule has 1 saturated heterocycles. The van der Waals surface area contributed by atoms with Gasteiger partial charge in [0.2, 0.25) is 5.95 Å². The number of carbonyl (C=O) groups excluding carboxylic acids is 1. The molecule has 1 aromatic carbocycles. The first-order chi connectivity index (χ1) is 20.4. The van der Waals surface area contributed by atoms with Crippen LogP contribution in [0.15, 0.2) is 55.0 Å². The van der Waals surface area contributed by atoms with Gasteiger partial charge in [0, 0.05) is 61.4 Å². The molecule has 218 valence electrons. The first kappa shape index (κ1) is 26.8. The van der Waals surface area contributed by atoms with E-state index in [1.807, 2.05) is 47.3 Å². The summed E-state index contributed by atoms with van der Waals surface area (Å²) in [5.74, 6) is 0.928. The van der Waals surface area contributed by atoms with Crippen LogP contribution in [-0.4, -0.2) is 59.2 Å². The van der Waals surface area contributed by atoms with Crippen LogP contribution in [0.1, 0.15) is 48.2 Å². The second kappa shape index (κ2) is 10.6. The SMILES string of the molecule is COC(=O)C1[C@@H]2CC[C@H]1CN(c1ncc(-c3ccc4nc5c(n4c3)[C@@H](c3ccccc3OC(F)F)C[C@H]5OC)cn1)C2. The molecule has 1 saturated carbocycles. The smallest absolute Gasteiger partial charge is 0.387 e. The van der Waals surface area contributed by atoms with Crippen molar-refractivity contribution >= 4 is 17.6 Å². The number of rotatable bonds is 7. The van der Waals surface area contributed by atoms with Gasteiger partial charge < -0.3 is 23.5 Å². The molecule has 9 nitrogen and oxygen atoms in total. The zero-order valence-corrected chi connectivity index (χ0v) is 23.3. The van der Waals surface area contributed by atoms with Crippen LogP contribution in [0.25, 0.3) is 16.8 Å². The molecule has 2 fully saturated rings. The molecule has 7 rings (SSSR count). The van der Waals surface area contributed by atoms with Crippen LogP contribution in [0.2, 0.25) is 0 Å². The zero-order valence-electron chi connectivity index (χ0n) is 23.3. The number of halogens is 2. The Morgan fingerprint density at radius 1 is 1.00 bits per heavy atom. The molecule has 3 aliphatic rings. The summed E-state index contributed by atoms with van der Waals surface area (Å²) in [6.45, 7) is -1.44. The van der Waals surface area contributed by atoms with Gasteiger partial charge in [0.15, 0.2) is 0 Å². The minimum absolute atomic E-state index is 0.0374. The number of piperidine rings is 1. The van der Waals surface area contributed by atoms with Crippen LogP contribution >= 0.6 is 0 Å². The number of aromatic nitrogens is 4. The van der Waals surface area contributed by atoms with Crippen molar-refractivity contribution in [2.24, 2.45) is 17.8 Å². The van der Waals surface area contributed by atoms with Crippen molar-refractivity contribution in [3.8, 4) is 16.9 Å². The van der Waals surface area contributed by atoms with Crippen LogP contribution in [-0.2, 0) is 14.3 Å². The number of imidazole rings is 1. The fourth-order valence-corrected chi connectivity index (χ4v) is 7.27. The first-order valence-electron chi connectivity index (χ1n) is 14.2. The summed E-state index contributed by atoms with van der Waals surface area (Å²) in [4.78, 5) is 28.7. The number of nitrogens with zero attached hydrogens (tertiary/aromatic N) is 5. The van der Waals surface area contributed by atoms with E-state index >= 15 is 0 Å². The van der Waals surface area contributed by atoms with E-state index in [2.05, 4.69) is 4.90 Å². The molecule has 0 spiro atoms. The third-order valence-electron chi connectivity index (χ3n) is 9.13. The molecule has 1 unspecified atom stereocenters. The summed E-state index contributed by atoms with van der Waals surface area (Å²) >= 11 is 0. The molecule has 11 heteroatoms. The maximum absolute atomic E-state index is 13.2. The van der Waals surface area contributed by atoms with E-state index in [4.69, 9.17) is 29.2 Å². The highest BCUT2D eigenvalue weighted by atomic mass is 19.3. The number of para-hydroxylation sites is 1. The second-order valence-corrected chi connectivity index (χ2v) is 11.3. The highest BCUT2D eigenvalue weighted by Crippen LogP contribution is 2.48. The fourth-order valence-electron chi connectivity index (χ4n) is 7.27. The van der Waals surface area contributed by atoms with Crippen molar-refractivity contribution in [1.29, 1.82) is 0 Å². The van der Waals surface area contributed by atoms with Crippen LogP contribution in [0.4, 0.5) is 14.7 Å². The summed E-state index contributed by atoms with van der Waals surface area (Å²) in [5, 5.41) is 0. The number of anilines is 1. The van der Waals surface area contributed by atoms with Crippen molar-refractivity contribution in [2.45, 2.75) is 37.9 Å². The average molecular weight is 576 g/mol. The summed E-state index contributed by atoms with van der Waals surface area (Å²) < 4.78 is 44.1. The molecule has 2 bridgehead atoms. The zero-order chi connectivity index (χ0) is 29.0. The topological polar surface area (TPSA) is 91.1 Å². The Labute approximate surface area is 241 Å². The largest absolute Gasteiger partial charge is 0.469 e. The van der Waals surface area contributed by atoms with E-state index in [1.54, 1.807) is 19.2 Å². The van der Waals surface area contributed by atoms with Crippen molar-refractivity contribution in [3.63, 3.8) is 0 Å². The molecule has 0 amide bonds. The Bertz CT molecular complexity index is 1610. The lowest BCUT2D eigenvalue weighted by molar-refractivity contribution is -0.148. The molecule has 4 aromatic rings. The van der Waals surface area contributed by atoms with E-state index in [0.29, 0.717) is 17.9 Å². The van der Waals surface area contributed by atoms with E-state index in [0.717, 1.165) is 54.1 Å². The van der Waals surface area contributed by atoms with E-state index in [1.165, 1.54) is 7.11 Å². The molecule has 0 radical (unpaired) electrons. The van der Waals surface area contributed by atoms with Crippen molar-refractivity contribution < 1.29 is 27.8 Å². The van der Waals surface area contributed by atoms with Gasteiger partial charge in [-0.1, -0.05) is 18.2 Å². The van der Waals surface area contributed by atoms with Crippen molar-refractivity contribution in [3.05, 3.63) is 71.9 Å². The number of hydrogen-bond acceptors (Lipinski definition) is 8. The molecule has 42 heavy (non-hydrogen) atoms. The van der Waals surface area contributed by atoms with Gasteiger partial charge in [-0.3, -0.25) is 4.79 Å². The quantitative estimate of drug-likeness (QED) is 0.276. The number of carbonyl (C=O) groups is 1. The minimum atomic E-state index is -2.92. The van der Waals surface area contributed by atoms with Crippen LogP contribution < -0.4 is 9.64 Å². The Hall–Kier alpha value is -4.12. The molecule has 5 atom stereocenters. The summed E-state index contributed by atoms with van der Waals surface area (Å²) in [6, 6.07) is 10.8. The van der Waals surface area contributed by atoms with Crippen LogP contribution in [0.3, 0.4) is 0 Å². The first-order valence-corrected chi connectivity index (χ1v) is 14.2. The standard InChI is InChI=1S/C31H31F2N5O4/c1-40-24-11-22(21-5-3-4-6-23(21)42-30(32)33)28-27(24)36-25-10-9-17(16-38(25)28)20-12-34-31(35-13-20)37-14-18-7-8-19(15-37)26(18)29(39)41-2/h3-6,9-10,12-13,16,18-19,22,24,26,30H,7-8,11,14-15H2,1-2H3/t18-,19+,22-,24-,26?/m1/s1. The van der Waals surface area contributed by atoms with Gasteiger partial charge in [-0.2, -0.15) is 8.78 Å². The lowest BCUT2D eigenvalue weighted by Crippen LogP contribution is -2.45. The Morgan fingerprint density at radius 3 is 2.43 bits per heavy atom. The molecule has 4 heterocycles. The van der Waals surface area contributed by atoms with Gasteiger partial charge in [-0.25, -0.2) is 15.0 Å². The number of fused-ring (bicyclic) bond motifs is 5. The second-order valence-electron chi connectivity index (χ2n) is 11.3. The summed E-state index contributed by atoms with van der Waals surface area (Å²) in [7, 11) is 3.10. The number of alkyl halides is 2. The van der Waals surface area contributed by atoms with Gasteiger partial charge in [0.25, 0.3) is 0 Å². The van der Waals surface area contributed by atoms with Crippen molar-refractivity contribution in [1.82, 2.24) is 19.4 Å². The molecular weight excluding hydrogens is 544 g/mol. The third-order valence-corrected chi connectivity index (χ3v) is 9.13. The maximum Gasteiger partial charge on any atom is 0.387 e. The fraction of sp³-hybridized carbons (Fsp3) is 0.419. The highest BCUT2D eigenvalue weighted by molar-refractivity contribution is 5.74. The summed E-state index contributed by atoms with van der Waals surface area (Å²) in [5.41, 5.74) is 4.84. The number of benzene rings is 1. The van der Waals surface area contributed by atoms with E-state index < -0.39 is 6.61 Å². The van der Waals surface area contributed by atoms with E-state index in [9.17, 15) is 13.6 Å². The van der Waals surface area contributed by atoms with Crippen LogP contribution in [0, 0.1) is 17.8 Å². The molecule has 3 aromatic heterocycles. The Morgan fingerprint density at radius 2 is 1.74 bits per heavy atom. The number of esters is 1. The Kier molecular flexibility index (Phi) is 6.76. The normalized spacial score (nSPS) is 24.8. The molecule has 1 aliphatic heterocycles. The van der Waals surface area contributed by atoms with Crippen LogP contribution in [0.5, 0.6) is 5.75 Å².